The van der Waals surface area contributed by atoms with Gasteiger partial charge in [-0.1, -0.05) is 54.2 Å². The van der Waals surface area contributed by atoms with Crippen LogP contribution in [0.2, 0.25) is 0 Å². The maximum absolute atomic E-state index is 12.5. The molecule has 4 rings (SSSR count). The number of amides is 1. The van der Waals surface area contributed by atoms with E-state index in [1.54, 1.807) is 24.3 Å². The average molecular weight is 406 g/mol. The molecule has 1 spiro atoms. The molecule has 0 bridgehead atoms. The van der Waals surface area contributed by atoms with Gasteiger partial charge < -0.3 is 5.32 Å². The second-order valence-electron chi connectivity index (χ2n) is 7.41. The smallest absolute Gasteiger partial charge is 0.234 e. The van der Waals surface area contributed by atoms with Crippen LogP contribution in [0.15, 0.2) is 64.6 Å². The van der Waals surface area contributed by atoms with Crippen LogP contribution in [0, 0.1) is 0 Å². The molecule has 29 heavy (non-hydrogen) atoms. The minimum atomic E-state index is -0.334. The fourth-order valence-electron chi connectivity index (χ4n) is 3.72. The lowest BCUT2D eigenvalue weighted by molar-refractivity contribution is -0.113. The summed E-state index contributed by atoms with van der Waals surface area (Å²) in [4.78, 5) is 34.0. The molecule has 1 aliphatic carbocycles. The zero-order valence-corrected chi connectivity index (χ0v) is 17.2. The highest BCUT2D eigenvalue weighted by atomic mass is 32.2. The van der Waals surface area contributed by atoms with E-state index < -0.39 is 0 Å². The third-order valence-electron chi connectivity index (χ3n) is 5.18. The number of anilines is 1. The third kappa shape index (κ3) is 4.48. The molecule has 148 valence electrons. The van der Waals surface area contributed by atoms with E-state index in [0.717, 1.165) is 42.0 Å². The van der Waals surface area contributed by atoms with Crippen molar-refractivity contribution in [3.63, 3.8) is 0 Å². The van der Waals surface area contributed by atoms with E-state index in [-0.39, 0.29) is 23.1 Å². The van der Waals surface area contributed by atoms with Gasteiger partial charge in [0.1, 0.15) is 5.04 Å². The molecule has 0 atom stereocenters. The number of ketones is 1. The van der Waals surface area contributed by atoms with Crippen molar-refractivity contribution in [1.29, 1.82) is 0 Å². The summed E-state index contributed by atoms with van der Waals surface area (Å²) >= 11 is 1.43. The minimum absolute atomic E-state index is 0.0265. The molecule has 0 radical (unpaired) electrons. The highest BCUT2D eigenvalue weighted by molar-refractivity contribution is 8.16. The van der Waals surface area contributed by atoms with Crippen LogP contribution in [0.1, 0.15) is 48.5 Å². The van der Waals surface area contributed by atoms with Crippen molar-refractivity contribution >= 4 is 39.9 Å². The largest absolute Gasteiger partial charge is 0.325 e. The SMILES string of the molecule is CC(=O)c1cccc(NC(=O)CSC2=NC3(CCCC3)N=C2c2ccccc2)c1. The summed E-state index contributed by atoms with van der Waals surface area (Å²) in [7, 11) is 0. The van der Waals surface area contributed by atoms with Crippen molar-refractivity contribution < 1.29 is 9.59 Å². The van der Waals surface area contributed by atoms with Gasteiger partial charge in [-0.15, -0.1) is 0 Å². The second-order valence-corrected chi connectivity index (χ2v) is 8.37. The molecule has 2 aromatic carbocycles. The fourth-order valence-corrected chi connectivity index (χ4v) is 4.59. The Bertz CT molecular complexity index is 992. The Balaban J connectivity index is 1.46. The van der Waals surface area contributed by atoms with Crippen LogP contribution in [0.4, 0.5) is 5.69 Å². The lowest BCUT2D eigenvalue weighted by atomic mass is 10.1. The first-order valence-corrected chi connectivity index (χ1v) is 10.8. The molecule has 0 unspecified atom stereocenters. The van der Waals surface area contributed by atoms with Crippen LogP contribution >= 0.6 is 11.8 Å². The third-order valence-corrected chi connectivity index (χ3v) is 6.14. The molecular formula is C23H23N3O2S. The van der Waals surface area contributed by atoms with Gasteiger partial charge in [0.15, 0.2) is 11.4 Å². The summed E-state index contributed by atoms with van der Waals surface area (Å²) in [6.07, 6.45) is 4.22. The molecule has 1 heterocycles. The van der Waals surface area contributed by atoms with E-state index in [1.165, 1.54) is 18.7 Å². The van der Waals surface area contributed by atoms with Crippen LogP contribution in [-0.4, -0.2) is 33.9 Å². The van der Waals surface area contributed by atoms with Gasteiger partial charge in [0.2, 0.25) is 5.91 Å². The van der Waals surface area contributed by atoms with Crippen molar-refractivity contribution in [3.8, 4) is 0 Å². The molecule has 6 heteroatoms. The number of rotatable bonds is 5. The Kier molecular flexibility index (Phi) is 5.62. The van der Waals surface area contributed by atoms with Gasteiger partial charge in [-0.2, -0.15) is 0 Å². The standard InChI is InChI=1S/C23H23N3O2S/c1-16(27)18-10-7-11-19(14-18)24-20(28)15-29-22-21(17-8-3-2-4-9-17)25-23(26-22)12-5-6-13-23/h2-4,7-11,14H,5-6,12-13,15H2,1H3,(H,24,28). The van der Waals surface area contributed by atoms with Gasteiger partial charge in [-0.05, 0) is 44.7 Å². The number of nitrogens with one attached hydrogen (secondary N) is 1. The van der Waals surface area contributed by atoms with E-state index in [1.807, 2.05) is 30.3 Å². The molecule has 1 N–H and O–H groups in total. The van der Waals surface area contributed by atoms with Crippen molar-refractivity contribution in [1.82, 2.24) is 0 Å². The van der Waals surface area contributed by atoms with Crippen molar-refractivity contribution in [2.45, 2.75) is 38.3 Å². The lowest BCUT2D eigenvalue weighted by Gasteiger charge is -2.14. The van der Waals surface area contributed by atoms with Crippen LogP contribution < -0.4 is 5.32 Å². The van der Waals surface area contributed by atoms with Gasteiger partial charge in [0, 0.05) is 16.8 Å². The Hall–Kier alpha value is -2.73. The fraction of sp³-hybridized carbons (Fsp3) is 0.304. The number of Topliss-reactive ketones (excluding diaryl/α,β-unsaturated/α-hetero) is 1. The topological polar surface area (TPSA) is 70.9 Å². The lowest BCUT2D eigenvalue weighted by Crippen LogP contribution is -2.18. The predicted octanol–water partition coefficient (Wildman–Crippen LogP) is 4.73. The first-order chi connectivity index (χ1) is 14.0. The van der Waals surface area contributed by atoms with Crippen molar-refractivity contribution in [3.05, 3.63) is 65.7 Å². The van der Waals surface area contributed by atoms with Crippen molar-refractivity contribution in [2.75, 3.05) is 11.1 Å². The number of thioether (sulfide) groups is 1. The molecular weight excluding hydrogens is 382 g/mol. The van der Waals surface area contributed by atoms with Crippen LogP contribution in [-0.2, 0) is 4.79 Å². The van der Waals surface area contributed by atoms with Crippen LogP contribution in [0.25, 0.3) is 0 Å². The average Bonchev–Trinajstić information content (AvgIpc) is 3.34. The zero-order valence-electron chi connectivity index (χ0n) is 16.4. The van der Waals surface area contributed by atoms with E-state index in [0.29, 0.717) is 11.3 Å². The van der Waals surface area contributed by atoms with E-state index in [4.69, 9.17) is 9.98 Å². The summed E-state index contributed by atoms with van der Waals surface area (Å²) in [5, 5.41) is 3.71. The minimum Gasteiger partial charge on any atom is -0.325 e. The summed E-state index contributed by atoms with van der Waals surface area (Å²) in [6.45, 7) is 1.51. The highest BCUT2D eigenvalue weighted by Gasteiger charge is 2.39. The zero-order chi connectivity index (χ0) is 20.3. The van der Waals surface area contributed by atoms with Crippen LogP contribution in [0.5, 0.6) is 0 Å². The molecule has 2 aromatic rings. The molecule has 1 aliphatic heterocycles. The van der Waals surface area contributed by atoms with Gasteiger partial charge >= 0.3 is 0 Å². The Morgan fingerprint density at radius 3 is 2.52 bits per heavy atom. The van der Waals surface area contributed by atoms with Gasteiger partial charge in [-0.25, -0.2) is 4.99 Å². The highest BCUT2D eigenvalue weighted by Crippen LogP contribution is 2.40. The molecule has 5 nitrogen and oxygen atoms in total. The maximum Gasteiger partial charge on any atom is 0.234 e. The summed E-state index contributed by atoms with van der Waals surface area (Å²) in [6, 6.07) is 17.0. The Morgan fingerprint density at radius 2 is 1.79 bits per heavy atom. The predicted molar refractivity (Wildman–Crippen MR) is 119 cm³/mol. The molecule has 1 saturated carbocycles. The quantitative estimate of drug-likeness (QED) is 0.731. The summed E-state index contributed by atoms with van der Waals surface area (Å²) in [5.74, 6) is 0.0879. The summed E-state index contributed by atoms with van der Waals surface area (Å²) < 4.78 is 0. The first-order valence-electron chi connectivity index (χ1n) is 9.84. The van der Waals surface area contributed by atoms with E-state index in [2.05, 4.69) is 5.32 Å². The van der Waals surface area contributed by atoms with Crippen LogP contribution in [0.3, 0.4) is 0 Å². The van der Waals surface area contributed by atoms with Gasteiger partial charge in [-0.3, -0.25) is 14.6 Å². The first kappa shape index (κ1) is 19.6. The molecule has 1 fully saturated rings. The Labute approximate surface area is 174 Å². The van der Waals surface area contributed by atoms with Gasteiger partial charge in [0.25, 0.3) is 0 Å². The van der Waals surface area contributed by atoms with Gasteiger partial charge in [0.05, 0.1) is 11.5 Å². The van der Waals surface area contributed by atoms with Crippen molar-refractivity contribution in [2.24, 2.45) is 9.98 Å². The number of carbonyl (C=O) groups excluding carboxylic acids is 2. The number of aliphatic imine (C=N–C) groups is 2. The second kappa shape index (κ2) is 8.33. The maximum atomic E-state index is 12.5. The number of carbonyl (C=O) groups is 2. The monoisotopic (exact) mass is 405 g/mol. The molecule has 0 aromatic heterocycles. The Morgan fingerprint density at radius 1 is 1.03 bits per heavy atom. The molecule has 2 aliphatic rings. The number of benzene rings is 2. The number of hydrogen-bond acceptors (Lipinski definition) is 5. The number of hydrogen-bond donors (Lipinski definition) is 1. The molecule has 0 saturated heterocycles. The normalized spacial score (nSPS) is 17.1. The van der Waals surface area contributed by atoms with E-state index in [9.17, 15) is 9.59 Å². The number of nitrogens with zero attached hydrogens (tertiary/aromatic N) is 2. The summed E-state index contributed by atoms with van der Waals surface area (Å²) in [5.41, 5.74) is 2.80. The molecule has 1 amide bonds. The van der Waals surface area contributed by atoms with E-state index >= 15 is 0 Å².